The van der Waals surface area contributed by atoms with Crippen LogP contribution in [0.5, 0.6) is 5.75 Å². The van der Waals surface area contributed by atoms with Crippen LogP contribution >= 0.6 is 0 Å². The minimum Gasteiger partial charge on any atom is -0.507 e. The van der Waals surface area contributed by atoms with Gasteiger partial charge in [0.05, 0.1) is 6.10 Å². The predicted octanol–water partition coefficient (Wildman–Crippen LogP) is 2.60. The fraction of sp³-hybridized carbons (Fsp3) is 0.333. The van der Waals surface area contributed by atoms with Gasteiger partial charge in [0.15, 0.2) is 0 Å². The Morgan fingerprint density at radius 3 is 2.39 bits per heavy atom. The molecule has 0 unspecified atom stereocenters. The Labute approximate surface area is 106 Å². The van der Waals surface area contributed by atoms with E-state index in [2.05, 4.69) is 0 Å². The van der Waals surface area contributed by atoms with Crippen molar-refractivity contribution in [2.24, 2.45) is 5.92 Å². The van der Waals surface area contributed by atoms with Gasteiger partial charge in [-0.15, -0.1) is 0 Å². The Bertz CT molecular complexity index is 536. The Kier molecular flexibility index (Phi) is 3.84. The summed E-state index contributed by atoms with van der Waals surface area (Å²) in [6, 6.07) is 10.8. The van der Waals surface area contributed by atoms with Gasteiger partial charge in [-0.05, 0) is 29.4 Å². The first-order valence-electron chi connectivity index (χ1n) is 6.14. The van der Waals surface area contributed by atoms with Crippen molar-refractivity contribution in [2.45, 2.75) is 19.4 Å². The fourth-order valence-corrected chi connectivity index (χ4v) is 2.23. The van der Waals surface area contributed by atoms with Crippen molar-refractivity contribution < 1.29 is 15.3 Å². The Balaban J connectivity index is 2.48. The van der Waals surface area contributed by atoms with Gasteiger partial charge in [-0.3, -0.25) is 0 Å². The SMILES string of the molecule is C[C@@H](CCO)[C@@H](O)c1ccc(O)c2ccccc12. The molecule has 2 aromatic carbocycles. The molecule has 96 valence electrons. The smallest absolute Gasteiger partial charge is 0.123 e. The number of hydrogen-bond acceptors (Lipinski definition) is 3. The normalized spacial score (nSPS) is 14.6. The number of phenols is 1. The van der Waals surface area contributed by atoms with Gasteiger partial charge in [0.2, 0.25) is 0 Å². The van der Waals surface area contributed by atoms with Gasteiger partial charge in [0, 0.05) is 12.0 Å². The highest BCUT2D eigenvalue weighted by molar-refractivity contribution is 5.91. The van der Waals surface area contributed by atoms with Gasteiger partial charge in [-0.25, -0.2) is 0 Å². The largest absolute Gasteiger partial charge is 0.507 e. The fourth-order valence-electron chi connectivity index (χ4n) is 2.23. The number of aromatic hydroxyl groups is 1. The van der Waals surface area contributed by atoms with Gasteiger partial charge in [-0.2, -0.15) is 0 Å². The second kappa shape index (κ2) is 5.38. The first-order valence-corrected chi connectivity index (χ1v) is 6.14. The summed E-state index contributed by atoms with van der Waals surface area (Å²) >= 11 is 0. The first kappa shape index (κ1) is 12.9. The van der Waals surface area contributed by atoms with Crippen LogP contribution in [0.2, 0.25) is 0 Å². The summed E-state index contributed by atoms with van der Waals surface area (Å²) in [6.45, 7) is 1.97. The zero-order chi connectivity index (χ0) is 13.1. The van der Waals surface area contributed by atoms with Crippen molar-refractivity contribution >= 4 is 10.8 Å². The molecule has 0 saturated carbocycles. The van der Waals surface area contributed by atoms with Crippen LogP contribution in [-0.4, -0.2) is 21.9 Å². The number of aliphatic hydroxyl groups is 2. The lowest BCUT2D eigenvalue weighted by Crippen LogP contribution is -2.11. The minimum absolute atomic E-state index is 0.0250. The third-order valence-corrected chi connectivity index (χ3v) is 3.38. The molecular weight excluding hydrogens is 228 g/mol. The number of phenolic OH excluding ortho intramolecular Hbond substituents is 1. The highest BCUT2D eigenvalue weighted by atomic mass is 16.3. The Morgan fingerprint density at radius 2 is 1.72 bits per heavy atom. The molecule has 0 bridgehead atoms. The quantitative estimate of drug-likeness (QED) is 0.777. The molecule has 18 heavy (non-hydrogen) atoms. The van der Waals surface area contributed by atoms with E-state index in [9.17, 15) is 10.2 Å². The van der Waals surface area contributed by atoms with Gasteiger partial charge in [-0.1, -0.05) is 37.3 Å². The third kappa shape index (κ3) is 2.33. The highest BCUT2D eigenvalue weighted by Gasteiger charge is 2.18. The lowest BCUT2D eigenvalue weighted by atomic mass is 9.91. The molecule has 0 aliphatic rings. The van der Waals surface area contributed by atoms with Gasteiger partial charge in [0.25, 0.3) is 0 Å². The summed E-state index contributed by atoms with van der Waals surface area (Å²) in [7, 11) is 0. The van der Waals surface area contributed by atoms with Crippen LogP contribution in [-0.2, 0) is 0 Å². The maximum Gasteiger partial charge on any atom is 0.123 e. The van der Waals surface area contributed by atoms with Crippen LogP contribution < -0.4 is 0 Å². The van der Waals surface area contributed by atoms with E-state index in [4.69, 9.17) is 5.11 Å². The summed E-state index contributed by atoms with van der Waals surface area (Å²) in [5.41, 5.74) is 0.796. The molecule has 0 fully saturated rings. The van der Waals surface area contributed by atoms with Gasteiger partial charge >= 0.3 is 0 Å². The van der Waals surface area contributed by atoms with Crippen LogP contribution in [0.3, 0.4) is 0 Å². The summed E-state index contributed by atoms with van der Waals surface area (Å²) in [4.78, 5) is 0. The van der Waals surface area contributed by atoms with E-state index in [1.807, 2.05) is 31.2 Å². The molecule has 2 aromatic rings. The minimum atomic E-state index is -0.636. The average Bonchev–Trinajstić information content (AvgIpc) is 2.39. The molecule has 0 heterocycles. The molecule has 3 nitrogen and oxygen atoms in total. The molecule has 3 heteroatoms. The zero-order valence-electron chi connectivity index (χ0n) is 10.4. The van der Waals surface area contributed by atoms with E-state index < -0.39 is 6.10 Å². The van der Waals surface area contributed by atoms with Crippen molar-refractivity contribution in [3.8, 4) is 5.75 Å². The van der Waals surface area contributed by atoms with E-state index in [1.54, 1.807) is 12.1 Å². The van der Waals surface area contributed by atoms with E-state index in [1.165, 1.54) is 0 Å². The molecule has 0 aliphatic carbocycles. The van der Waals surface area contributed by atoms with Crippen molar-refractivity contribution in [1.29, 1.82) is 0 Å². The standard InChI is InChI=1S/C15H18O3/c1-10(8-9-16)15(18)13-6-7-14(17)12-5-3-2-4-11(12)13/h2-7,10,15-18H,8-9H2,1H3/t10-,15+/m0/s1. The van der Waals surface area contributed by atoms with Crippen LogP contribution in [0.4, 0.5) is 0 Å². The molecule has 0 aliphatic heterocycles. The number of rotatable bonds is 4. The molecule has 3 N–H and O–H groups in total. The Hall–Kier alpha value is -1.58. The molecule has 0 saturated heterocycles. The number of benzene rings is 2. The molecule has 0 aromatic heterocycles. The highest BCUT2D eigenvalue weighted by Crippen LogP contribution is 2.34. The van der Waals surface area contributed by atoms with Gasteiger partial charge in [0.1, 0.15) is 5.75 Å². The van der Waals surface area contributed by atoms with Crippen LogP contribution in [0.15, 0.2) is 36.4 Å². The van der Waals surface area contributed by atoms with E-state index in [0.717, 1.165) is 16.3 Å². The average molecular weight is 246 g/mol. The van der Waals surface area contributed by atoms with Crippen LogP contribution in [0.1, 0.15) is 25.0 Å². The lowest BCUT2D eigenvalue weighted by molar-refractivity contribution is 0.100. The summed E-state index contributed by atoms with van der Waals surface area (Å²) < 4.78 is 0. The van der Waals surface area contributed by atoms with Crippen molar-refractivity contribution in [3.63, 3.8) is 0 Å². The second-order valence-corrected chi connectivity index (χ2v) is 4.65. The number of fused-ring (bicyclic) bond motifs is 1. The molecular formula is C15H18O3. The first-order chi connectivity index (χ1) is 8.65. The number of aliphatic hydroxyl groups excluding tert-OH is 2. The summed E-state index contributed by atoms with van der Waals surface area (Å²) in [5, 5.41) is 30.7. The van der Waals surface area contributed by atoms with E-state index in [-0.39, 0.29) is 18.3 Å². The van der Waals surface area contributed by atoms with Crippen LogP contribution in [0.25, 0.3) is 10.8 Å². The van der Waals surface area contributed by atoms with Crippen molar-refractivity contribution in [1.82, 2.24) is 0 Å². The predicted molar refractivity (Wildman–Crippen MR) is 71.4 cm³/mol. The lowest BCUT2D eigenvalue weighted by Gasteiger charge is -2.20. The van der Waals surface area contributed by atoms with E-state index >= 15 is 0 Å². The monoisotopic (exact) mass is 246 g/mol. The Morgan fingerprint density at radius 1 is 1.06 bits per heavy atom. The molecule has 0 radical (unpaired) electrons. The summed E-state index contributed by atoms with van der Waals surface area (Å²) in [5.74, 6) is 0.194. The van der Waals surface area contributed by atoms with Crippen molar-refractivity contribution in [2.75, 3.05) is 6.61 Å². The van der Waals surface area contributed by atoms with E-state index in [0.29, 0.717) is 6.42 Å². The molecule has 0 spiro atoms. The summed E-state index contributed by atoms with van der Waals surface area (Å²) in [6.07, 6.45) is -0.0845. The maximum atomic E-state index is 10.3. The molecule has 0 amide bonds. The van der Waals surface area contributed by atoms with Crippen molar-refractivity contribution in [3.05, 3.63) is 42.0 Å². The van der Waals surface area contributed by atoms with Gasteiger partial charge < -0.3 is 15.3 Å². The molecule has 2 rings (SSSR count). The number of hydrogen-bond donors (Lipinski definition) is 3. The van der Waals surface area contributed by atoms with Crippen LogP contribution in [0, 0.1) is 5.92 Å². The maximum absolute atomic E-state index is 10.3. The third-order valence-electron chi connectivity index (χ3n) is 3.38. The topological polar surface area (TPSA) is 60.7 Å². The second-order valence-electron chi connectivity index (χ2n) is 4.65. The molecule has 2 atom stereocenters. The zero-order valence-corrected chi connectivity index (χ0v) is 10.4.